The highest BCUT2D eigenvalue weighted by Gasteiger charge is 2.30. The van der Waals surface area contributed by atoms with Gasteiger partial charge in [0.05, 0.1) is 4.90 Å². The molecule has 4 nitrogen and oxygen atoms in total. The lowest BCUT2D eigenvalue weighted by Crippen LogP contribution is -2.42. The molecule has 0 aliphatic heterocycles. The van der Waals surface area contributed by atoms with Gasteiger partial charge in [0.25, 0.3) is 0 Å². The summed E-state index contributed by atoms with van der Waals surface area (Å²) >= 11 is 0. The first kappa shape index (κ1) is 14.2. The first-order chi connectivity index (χ1) is 7.69. The van der Waals surface area contributed by atoms with Gasteiger partial charge in [0, 0.05) is 12.6 Å². The van der Waals surface area contributed by atoms with Crippen LogP contribution in [0, 0.1) is 0 Å². The largest absolute Gasteiger partial charge is 0.449 e. The fourth-order valence-corrected chi connectivity index (χ4v) is 2.91. The Morgan fingerprint density at radius 3 is 2.35 bits per heavy atom. The van der Waals surface area contributed by atoms with Crippen molar-refractivity contribution in [3.05, 3.63) is 24.3 Å². The highest BCUT2D eigenvalue weighted by molar-refractivity contribution is 7.89. The lowest BCUT2D eigenvalue weighted by atomic mass is 9.89. The topological polar surface area (TPSA) is 57.6 Å². The summed E-state index contributed by atoms with van der Waals surface area (Å²) in [5, 5.41) is 9.02. The highest BCUT2D eigenvalue weighted by Crippen LogP contribution is 2.21. The van der Waals surface area contributed by atoms with E-state index >= 15 is 0 Å². The number of hydrogen-bond acceptors (Lipinski definition) is 3. The summed E-state index contributed by atoms with van der Waals surface area (Å²) in [6, 6.07) is 6.36. The molecule has 0 radical (unpaired) electrons. The third-order valence-corrected chi connectivity index (χ3v) is 4.80. The van der Waals surface area contributed by atoms with E-state index in [0.29, 0.717) is 5.46 Å². The molecule has 94 valence electrons. The molecule has 0 aliphatic carbocycles. The van der Waals surface area contributed by atoms with Gasteiger partial charge in [-0.3, -0.25) is 0 Å². The van der Waals surface area contributed by atoms with Crippen LogP contribution in [0.2, 0.25) is 0 Å². The molecule has 0 fully saturated rings. The molecule has 0 amide bonds. The van der Waals surface area contributed by atoms with Crippen LogP contribution in [-0.4, -0.2) is 37.8 Å². The van der Waals surface area contributed by atoms with Gasteiger partial charge in [-0.25, -0.2) is 8.42 Å². The maximum Gasteiger partial charge on any atom is 0.304 e. The molecule has 0 saturated carbocycles. The van der Waals surface area contributed by atoms with Crippen molar-refractivity contribution in [3.8, 4) is 0 Å². The Hall–Kier alpha value is -0.845. The molecule has 0 atom stereocenters. The van der Waals surface area contributed by atoms with Crippen LogP contribution in [0.3, 0.4) is 0 Å². The van der Waals surface area contributed by atoms with E-state index in [-0.39, 0.29) is 12.4 Å². The summed E-state index contributed by atoms with van der Waals surface area (Å²) in [5.74, 6) is 0. The van der Waals surface area contributed by atoms with E-state index in [1.807, 2.05) is 20.8 Å². The zero-order valence-electron chi connectivity index (χ0n) is 10.6. The first-order valence-corrected chi connectivity index (χ1v) is 6.82. The molecule has 0 spiro atoms. The van der Waals surface area contributed by atoms with Crippen molar-refractivity contribution in [1.29, 1.82) is 0 Å². The summed E-state index contributed by atoms with van der Waals surface area (Å²) in [4.78, 5) is 0.210. The maximum absolute atomic E-state index is 12.3. The van der Waals surface area contributed by atoms with Gasteiger partial charge in [-0.15, -0.1) is 0 Å². The molecule has 6 heteroatoms. The van der Waals surface area contributed by atoms with Crippen molar-refractivity contribution < 1.29 is 13.4 Å². The molecule has 1 N–H and O–H groups in total. The fourth-order valence-electron chi connectivity index (χ4n) is 1.32. The molecule has 0 heterocycles. The summed E-state index contributed by atoms with van der Waals surface area (Å²) in [6.07, 6.45) is 0. The molecule has 0 aromatic heterocycles. The van der Waals surface area contributed by atoms with Crippen molar-refractivity contribution in [2.24, 2.45) is 0 Å². The zero-order chi connectivity index (χ0) is 13.3. The molecule has 0 saturated heterocycles. The van der Waals surface area contributed by atoms with E-state index in [9.17, 15) is 8.42 Å². The molecular weight excluding hydrogens is 237 g/mol. The lowest BCUT2D eigenvalue weighted by molar-refractivity contribution is 0.292. The first-order valence-electron chi connectivity index (χ1n) is 5.38. The van der Waals surface area contributed by atoms with Crippen molar-refractivity contribution >= 4 is 23.0 Å². The summed E-state index contributed by atoms with van der Waals surface area (Å²) < 4.78 is 25.9. The van der Waals surface area contributed by atoms with Crippen molar-refractivity contribution in [1.82, 2.24) is 4.31 Å². The van der Waals surface area contributed by atoms with E-state index in [0.717, 1.165) is 0 Å². The Bertz CT molecular complexity index is 494. The average molecular weight is 255 g/mol. The fraction of sp³-hybridized carbons (Fsp3) is 0.455. The van der Waals surface area contributed by atoms with E-state index in [1.54, 1.807) is 19.2 Å². The van der Waals surface area contributed by atoms with E-state index < -0.39 is 15.6 Å². The van der Waals surface area contributed by atoms with Gasteiger partial charge in [-0.1, -0.05) is 17.6 Å². The van der Waals surface area contributed by atoms with Crippen LogP contribution in [0.1, 0.15) is 20.8 Å². The summed E-state index contributed by atoms with van der Waals surface area (Å²) in [6.45, 7) is 5.50. The maximum atomic E-state index is 12.3. The zero-order valence-corrected chi connectivity index (χ0v) is 11.5. The van der Waals surface area contributed by atoms with Gasteiger partial charge >= 0.3 is 7.48 Å². The van der Waals surface area contributed by atoms with Crippen LogP contribution < -0.4 is 5.46 Å². The average Bonchev–Trinajstić information content (AvgIpc) is 2.27. The van der Waals surface area contributed by atoms with Crippen LogP contribution >= 0.6 is 0 Å². The Morgan fingerprint density at radius 1 is 1.29 bits per heavy atom. The number of sulfonamides is 1. The predicted molar refractivity (Wildman–Crippen MR) is 70.1 cm³/mol. The monoisotopic (exact) mass is 255 g/mol. The van der Waals surface area contributed by atoms with Gasteiger partial charge < -0.3 is 5.02 Å². The molecule has 17 heavy (non-hydrogen) atoms. The second-order valence-corrected chi connectivity index (χ2v) is 6.92. The number of nitrogens with zero attached hydrogens (tertiary/aromatic N) is 1. The summed E-state index contributed by atoms with van der Waals surface area (Å²) in [5.41, 5.74) is 0.113. The van der Waals surface area contributed by atoms with Gasteiger partial charge in [0.15, 0.2) is 0 Å². The number of rotatable bonds is 3. The molecule has 1 aromatic rings. The molecular formula is C11H18BNO3S. The summed E-state index contributed by atoms with van der Waals surface area (Å²) in [7, 11) is -2.11. The van der Waals surface area contributed by atoms with Gasteiger partial charge in [0.1, 0.15) is 0 Å². The second kappa shape index (κ2) is 4.80. The van der Waals surface area contributed by atoms with Crippen LogP contribution in [0.5, 0.6) is 0 Å². The third kappa shape index (κ3) is 3.09. The van der Waals surface area contributed by atoms with Crippen LogP contribution in [0.4, 0.5) is 0 Å². The quantitative estimate of drug-likeness (QED) is 0.778. The number of benzene rings is 1. The minimum absolute atomic E-state index is 0.164. The van der Waals surface area contributed by atoms with Gasteiger partial charge in [-0.2, -0.15) is 4.31 Å². The third-order valence-electron chi connectivity index (χ3n) is 2.68. The van der Waals surface area contributed by atoms with Gasteiger partial charge in [-0.05, 0) is 32.9 Å². The molecule has 0 unspecified atom stereocenters. The van der Waals surface area contributed by atoms with Crippen molar-refractivity contribution in [3.63, 3.8) is 0 Å². The lowest BCUT2D eigenvalue weighted by Gasteiger charge is -2.30. The number of hydrogen-bond donors (Lipinski definition) is 1. The Balaban J connectivity index is 3.22. The second-order valence-electron chi connectivity index (χ2n) is 4.95. The minimum atomic E-state index is -3.51. The van der Waals surface area contributed by atoms with Crippen LogP contribution in [0.15, 0.2) is 29.2 Å². The van der Waals surface area contributed by atoms with Gasteiger partial charge in [0.2, 0.25) is 10.0 Å². The Labute approximate surface area is 104 Å². The SMILES string of the molecule is CN(C(C)(C)C)S(=O)(=O)c1cccc(BO)c1. The molecule has 1 aromatic carbocycles. The molecule has 0 bridgehead atoms. The van der Waals surface area contributed by atoms with E-state index in [2.05, 4.69) is 0 Å². The predicted octanol–water partition coefficient (Wildman–Crippen LogP) is 0.0747. The smallest absolute Gasteiger partial charge is 0.304 e. The molecule has 1 rings (SSSR count). The Morgan fingerprint density at radius 2 is 1.88 bits per heavy atom. The normalized spacial score (nSPS) is 12.8. The van der Waals surface area contributed by atoms with E-state index in [4.69, 9.17) is 5.02 Å². The van der Waals surface area contributed by atoms with Crippen molar-refractivity contribution in [2.75, 3.05) is 7.05 Å². The van der Waals surface area contributed by atoms with E-state index in [1.165, 1.54) is 16.4 Å². The highest BCUT2D eigenvalue weighted by atomic mass is 32.2. The van der Waals surface area contributed by atoms with Crippen LogP contribution in [0.25, 0.3) is 0 Å². The Kier molecular flexibility index (Phi) is 4.01. The van der Waals surface area contributed by atoms with Crippen LogP contribution in [-0.2, 0) is 10.0 Å². The molecule has 0 aliphatic rings. The van der Waals surface area contributed by atoms with Crippen molar-refractivity contribution in [2.45, 2.75) is 31.2 Å². The minimum Gasteiger partial charge on any atom is -0.449 e. The standard InChI is InChI=1S/C11H18BNO3S/c1-11(2,3)13(4)17(15,16)10-7-5-6-9(8-10)12-14/h5-8,12,14H,1-4H3.